The average molecular weight is 324 g/mol. The lowest BCUT2D eigenvalue weighted by Crippen LogP contribution is -2.28. The summed E-state index contributed by atoms with van der Waals surface area (Å²) in [7, 11) is 0. The van der Waals surface area contributed by atoms with E-state index in [-0.39, 0.29) is 30.2 Å². The number of nitriles is 1. The van der Waals surface area contributed by atoms with Crippen molar-refractivity contribution >= 4 is 11.4 Å². The number of carbonyl (C=O) groups excluding carboxylic acids is 1. The molecule has 0 amide bonds. The second-order valence-corrected chi connectivity index (χ2v) is 5.31. The van der Waals surface area contributed by atoms with Crippen LogP contribution in [0.15, 0.2) is 35.1 Å². The molecule has 1 aliphatic rings. The van der Waals surface area contributed by atoms with Crippen LogP contribution in [0.3, 0.4) is 0 Å². The van der Waals surface area contributed by atoms with Crippen molar-refractivity contribution in [2.45, 2.75) is 19.4 Å². The van der Waals surface area contributed by atoms with E-state index in [4.69, 9.17) is 5.26 Å². The number of aryl methyl sites for hydroxylation is 1. The van der Waals surface area contributed by atoms with Gasteiger partial charge in [-0.25, -0.2) is 9.37 Å². The molecule has 0 spiro atoms. The molecule has 0 saturated heterocycles. The second kappa shape index (κ2) is 6.08. The van der Waals surface area contributed by atoms with Crippen molar-refractivity contribution in [3.8, 4) is 11.8 Å². The number of benzene rings is 1. The highest BCUT2D eigenvalue weighted by Gasteiger charge is 2.21. The molecule has 3 rings (SSSR count). The maximum atomic E-state index is 12.9. The molecule has 0 unspecified atom stereocenters. The van der Waals surface area contributed by atoms with Crippen molar-refractivity contribution < 1.29 is 14.3 Å². The number of allylic oxidation sites excluding steroid dienone is 2. The summed E-state index contributed by atoms with van der Waals surface area (Å²) in [5.41, 5.74) is -0.407. The fourth-order valence-electron chi connectivity index (χ4n) is 2.50. The van der Waals surface area contributed by atoms with E-state index in [2.05, 4.69) is 4.98 Å². The number of aromatic nitrogens is 2. The largest absolute Gasteiger partial charge is 0.867 e. The fraction of sp³-hybridized carbons (Fsp3) is 0.176. The Bertz CT molecular complexity index is 953. The number of nitrogens with zero attached hydrogens (tertiary/aromatic N) is 3. The Kier molecular flexibility index (Phi) is 3.96. The Morgan fingerprint density at radius 2 is 2.08 bits per heavy atom. The van der Waals surface area contributed by atoms with Gasteiger partial charge in [0.05, 0.1) is 5.57 Å². The molecule has 0 fully saturated rings. The van der Waals surface area contributed by atoms with Gasteiger partial charge in [0.2, 0.25) is 5.56 Å². The first-order chi connectivity index (χ1) is 11.5. The van der Waals surface area contributed by atoms with Crippen LogP contribution in [0.1, 0.15) is 28.3 Å². The van der Waals surface area contributed by atoms with Crippen LogP contribution < -0.4 is 10.7 Å². The number of fused-ring (bicyclic) bond motifs is 1. The molecule has 1 aromatic heterocycles. The number of halogens is 1. The number of Topliss-reactive ketones (excluding diaryl/α,β-unsaturated/α-hetero) is 1. The SMILES string of the molecule is N#CC1=CCn2c1nc(C(=O)CCc1ccc(F)cc1)c([O-])c2=O. The summed E-state index contributed by atoms with van der Waals surface area (Å²) in [6, 6.07) is 7.54. The first-order valence-electron chi connectivity index (χ1n) is 7.21. The van der Waals surface area contributed by atoms with Crippen molar-refractivity contribution in [1.29, 1.82) is 5.26 Å². The lowest BCUT2D eigenvalue weighted by Gasteiger charge is -2.14. The number of hydrogen-bond donors (Lipinski definition) is 0. The Hall–Kier alpha value is -3.27. The molecule has 0 N–H and O–H groups in total. The van der Waals surface area contributed by atoms with Crippen LogP contribution in [-0.4, -0.2) is 15.3 Å². The summed E-state index contributed by atoms with van der Waals surface area (Å²) in [5, 5.41) is 21.1. The van der Waals surface area contributed by atoms with Gasteiger partial charge in [-0.05, 0) is 35.9 Å². The van der Waals surface area contributed by atoms with Crippen molar-refractivity contribution in [2.24, 2.45) is 0 Å². The molecular formula is C17H11FN3O3-. The maximum Gasteiger partial charge on any atom is 0.246 e. The molecule has 0 bridgehead atoms. The molecule has 2 aromatic rings. The molecule has 6 nitrogen and oxygen atoms in total. The van der Waals surface area contributed by atoms with Crippen molar-refractivity contribution in [1.82, 2.24) is 9.55 Å². The first kappa shape index (κ1) is 15.6. The van der Waals surface area contributed by atoms with E-state index in [9.17, 15) is 19.1 Å². The predicted octanol–water partition coefficient (Wildman–Crippen LogP) is 1.19. The molecule has 0 radical (unpaired) electrons. The van der Waals surface area contributed by atoms with Crippen molar-refractivity contribution in [2.75, 3.05) is 0 Å². The summed E-state index contributed by atoms with van der Waals surface area (Å²) in [5.74, 6) is -1.87. The van der Waals surface area contributed by atoms with E-state index < -0.39 is 22.8 Å². The zero-order valence-electron chi connectivity index (χ0n) is 12.5. The van der Waals surface area contributed by atoms with E-state index >= 15 is 0 Å². The van der Waals surface area contributed by atoms with Crippen molar-refractivity contribution in [3.05, 3.63) is 63.6 Å². The Balaban J connectivity index is 1.87. The van der Waals surface area contributed by atoms with Gasteiger partial charge in [0.1, 0.15) is 17.6 Å². The summed E-state index contributed by atoms with van der Waals surface area (Å²) in [6.07, 6.45) is 1.73. The third-order valence-electron chi connectivity index (χ3n) is 3.79. The van der Waals surface area contributed by atoms with E-state index in [0.717, 1.165) is 10.1 Å². The van der Waals surface area contributed by atoms with Gasteiger partial charge in [-0.1, -0.05) is 12.1 Å². The van der Waals surface area contributed by atoms with Gasteiger partial charge < -0.3 is 5.11 Å². The Labute approximate surface area is 136 Å². The molecule has 24 heavy (non-hydrogen) atoms. The quantitative estimate of drug-likeness (QED) is 0.787. The van der Waals surface area contributed by atoms with Gasteiger partial charge in [0, 0.05) is 13.0 Å². The van der Waals surface area contributed by atoms with Crippen LogP contribution in [-0.2, 0) is 13.0 Å². The molecule has 7 heteroatoms. The molecule has 0 saturated carbocycles. The van der Waals surface area contributed by atoms with E-state index in [0.29, 0.717) is 6.42 Å². The van der Waals surface area contributed by atoms with Crippen LogP contribution in [0, 0.1) is 17.1 Å². The lowest BCUT2D eigenvalue weighted by atomic mass is 10.1. The third-order valence-corrected chi connectivity index (χ3v) is 3.79. The zero-order valence-corrected chi connectivity index (χ0v) is 12.5. The average Bonchev–Trinajstić information content (AvgIpc) is 3.00. The highest BCUT2D eigenvalue weighted by molar-refractivity contribution is 5.97. The number of hydrogen-bond acceptors (Lipinski definition) is 5. The lowest BCUT2D eigenvalue weighted by molar-refractivity contribution is -0.271. The van der Waals surface area contributed by atoms with E-state index in [1.54, 1.807) is 12.1 Å². The van der Waals surface area contributed by atoms with Gasteiger partial charge in [-0.3, -0.25) is 14.2 Å². The first-order valence-corrected chi connectivity index (χ1v) is 7.21. The van der Waals surface area contributed by atoms with Crippen LogP contribution >= 0.6 is 0 Å². The van der Waals surface area contributed by atoms with Gasteiger partial charge in [-0.2, -0.15) is 5.26 Å². The molecule has 1 aromatic carbocycles. The third kappa shape index (κ3) is 2.70. The number of ketones is 1. The molecule has 0 aliphatic carbocycles. The highest BCUT2D eigenvalue weighted by atomic mass is 19.1. The topological polar surface area (TPSA) is 98.8 Å². The zero-order chi connectivity index (χ0) is 17.3. The van der Waals surface area contributed by atoms with Gasteiger partial charge in [0.25, 0.3) is 0 Å². The minimum Gasteiger partial charge on any atom is -0.867 e. The van der Waals surface area contributed by atoms with Gasteiger partial charge >= 0.3 is 0 Å². The number of carbonyl (C=O) groups is 1. The summed E-state index contributed by atoms with van der Waals surface area (Å²) in [6.45, 7) is 0.101. The smallest absolute Gasteiger partial charge is 0.246 e. The standard InChI is InChI=1S/C17H12FN3O3/c18-12-4-1-10(2-5-12)3-6-13(22)14-15(23)17(24)21-8-7-11(9-19)16(21)20-14/h1-2,4-5,7,23H,3,6,8H2/p-1. The Morgan fingerprint density at radius 3 is 2.75 bits per heavy atom. The minimum absolute atomic E-state index is 0.0393. The van der Waals surface area contributed by atoms with E-state index in [1.165, 1.54) is 18.2 Å². The van der Waals surface area contributed by atoms with Crippen molar-refractivity contribution in [3.63, 3.8) is 0 Å². The molecule has 0 atom stereocenters. The van der Waals surface area contributed by atoms with Crippen LogP contribution in [0.4, 0.5) is 4.39 Å². The summed E-state index contributed by atoms with van der Waals surface area (Å²) >= 11 is 0. The minimum atomic E-state index is -0.963. The molecule has 1 aliphatic heterocycles. The Morgan fingerprint density at radius 1 is 1.38 bits per heavy atom. The monoisotopic (exact) mass is 324 g/mol. The summed E-state index contributed by atoms with van der Waals surface area (Å²) in [4.78, 5) is 28.2. The number of rotatable bonds is 4. The van der Waals surface area contributed by atoms with Gasteiger partial charge in [-0.15, -0.1) is 0 Å². The van der Waals surface area contributed by atoms with Crippen LogP contribution in [0.2, 0.25) is 0 Å². The van der Waals surface area contributed by atoms with Crippen LogP contribution in [0.25, 0.3) is 5.57 Å². The maximum absolute atomic E-state index is 12.9. The molecule has 2 heterocycles. The summed E-state index contributed by atoms with van der Waals surface area (Å²) < 4.78 is 13.9. The van der Waals surface area contributed by atoms with E-state index in [1.807, 2.05) is 6.07 Å². The highest BCUT2D eigenvalue weighted by Crippen LogP contribution is 2.20. The molecular weight excluding hydrogens is 313 g/mol. The normalized spacial score (nSPS) is 12.4. The van der Waals surface area contributed by atoms with Gasteiger partial charge in [0.15, 0.2) is 11.6 Å². The molecule has 120 valence electrons. The fourth-order valence-corrected chi connectivity index (χ4v) is 2.50. The predicted molar refractivity (Wildman–Crippen MR) is 80.6 cm³/mol. The van der Waals surface area contributed by atoms with Crippen LogP contribution in [0.5, 0.6) is 5.75 Å². The second-order valence-electron chi connectivity index (χ2n) is 5.31.